The van der Waals surface area contributed by atoms with Gasteiger partial charge in [0.2, 0.25) is 0 Å². The van der Waals surface area contributed by atoms with Crippen molar-refractivity contribution in [3.05, 3.63) is 57.5 Å². The van der Waals surface area contributed by atoms with E-state index in [2.05, 4.69) is 30.4 Å². The summed E-state index contributed by atoms with van der Waals surface area (Å²) in [4.78, 5) is 0. The van der Waals surface area contributed by atoms with E-state index in [-0.39, 0.29) is 6.04 Å². The zero-order chi connectivity index (χ0) is 14.3. The van der Waals surface area contributed by atoms with Crippen molar-refractivity contribution in [2.24, 2.45) is 0 Å². The van der Waals surface area contributed by atoms with Gasteiger partial charge in [-0.3, -0.25) is 0 Å². The molecule has 0 amide bonds. The van der Waals surface area contributed by atoms with Gasteiger partial charge in [-0.15, -0.1) is 0 Å². The van der Waals surface area contributed by atoms with Crippen molar-refractivity contribution >= 4 is 0 Å². The molecule has 2 heterocycles. The maximum Gasteiger partial charge on any atom is 0.106 e. The third kappa shape index (κ3) is 2.07. The van der Waals surface area contributed by atoms with Crippen molar-refractivity contribution < 1.29 is 9.15 Å². The van der Waals surface area contributed by atoms with Crippen molar-refractivity contribution in [3.63, 3.8) is 0 Å². The van der Waals surface area contributed by atoms with Crippen LogP contribution in [0.1, 0.15) is 45.4 Å². The van der Waals surface area contributed by atoms with Crippen molar-refractivity contribution in [2.45, 2.75) is 40.0 Å². The lowest BCUT2D eigenvalue weighted by atomic mass is 9.93. The molecule has 3 nitrogen and oxygen atoms in total. The molecule has 3 rings (SSSR count). The molecule has 1 aromatic heterocycles. The second kappa shape index (κ2) is 5.08. The second-order valence-electron chi connectivity index (χ2n) is 5.50. The molecular weight excluding hydrogens is 250 g/mol. The normalized spacial score (nSPS) is 15.4. The van der Waals surface area contributed by atoms with E-state index < -0.39 is 0 Å². The van der Waals surface area contributed by atoms with Crippen LogP contribution < -0.4 is 5.32 Å². The Bertz CT molecular complexity index is 643. The van der Waals surface area contributed by atoms with Crippen LogP contribution in [0.2, 0.25) is 0 Å². The molecule has 0 saturated heterocycles. The summed E-state index contributed by atoms with van der Waals surface area (Å²) in [5.41, 5.74) is 6.37. The molecule has 0 radical (unpaired) electrons. The Morgan fingerprint density at radius 3 is 2.45 bits per heavy atom. The van der Waals surface area contributed by atoms with Gasteiger partial charge in [0.15, 0.2) is 0 Å². The Balaban J connectivity index is 2.06. The first-order valence-electron chi connectivity index (χ1n) is 7.05. The van der Waals surface area contributed by atoms with Gasteiger partial charge in [0, 0.05) is 5.56 Å². The highest BCUT2D eigenvalue weighted by atomic mass is 16.5. The molecular formula is C17H21NO2. The predicted molar refractivity (Wildman–Crippen MR) is 78.8 cm³/mol. The average Bonchev–Trinajstić information content (AvgIpc) is 2.99. The van der Waals surface area contributed by atoms with E-state index in [4.69, 9.17) is 9.15 Å². The smallest absolute Gasteiger partial charge is 0.106 e. The minimum absolute atomic E-state index is 0.165. The fourth-order valence-corrected chi connectivity index (χ4v) is 3.08. The third-order valence-corrected chi connectivity index (χ3v) is 4.27. The highest BCUT2D eigenvalue weighted by Crippen LogP contribution is 2.33. The first-order chi connectivity index (χ1) is 9.61. The molecule has 0 saturated carbocycles. The molecule has 20 heavy (non-hydrogen) atoms. The minimum Gasteiger partial charge on any atom is -0.466 e. The molecule has 1 N–H and O–H groups in total. The molecule has 2 aromatic rings. The summed E-state index contributed by atoms with van der Waals surface area (Å²) in [6.45, 7) is 7.65. The largest absolute Gasteiger partial charge is 0.466 e. The number of rotatable bonds is 3. The van der Waals surface area contributed by atoms with Crippen LogP contribution in [-0.4, -0.2) is 7.05 Å². The summed E-state index contributed by atoms with van der Waals surface area (Å²) < 4.78 is 11.3. The maximum atomic E-state index is 5.78. The van der Waals surface area contributed by atoms with Crippen LogP contribution in [0.4, 0.5) is 0 Å². The summed E-state index contributed by atoms with van der Waals surface area (Å²) in [7, 11) is 2.00. The Hall–Kier alpha value is -1.58. The van der Waals surface area contributed by atoms with Crippen LogP contribution >= 0.6 is 0 Å². The fourth-order valence-electron chi connectivity index (χ4n) is 3.08. The Morgan fingerprint density at radius 1 is 1.05 bits per heavy atom. The number of aryl methyl sites for hydroxylation is 2. The predicted octanol–water partition coefficient (Wildman–Crippen LogP) is 3.54. The standard InChI is InChI=1S/C17H21NO2/c1-10-11(2)20-12(3)16(10)17(18-4)13-5-6-14-8-19-9-15(14)7-13/h5-7,17-18H,8-9H2,1-4H3. The quantitative estimate of drug-likeness (QED) is 0.927. The summed E-state index contributed by atoms with van der Waals surface area (Å²) in [6.07, 6.45) is 0. The van der Waals surface area contributed by atoms with Gasteiger partial charge in [0.05, 0.1) is 19.3 Å². The van der Waals surface area contributed by atoms with Gasteiger partial charge >= 0.3 is 0 Å². The van der Waals surface area contributed by atoms with E-state index in [1.807, 2.05) is 20.9 Å². The zero-order valence-electron chi connectivity index (χ0n) is 12.5. The van der Waals surface area contributed by atoms with Gasteiger partial charge in [0.25, 0.3) is 0 Å². The summed E-state index contributed by atoms with van der Waals surface area (Å²) >= 11 is 0. The average molecular weight is 271 g/mol. The number of ether oxygens (including phenoxy) is 1. The van der Waals surface area contributed by atoms with Gasteiger partial charge in [0.1, 0.15) is 11.5 Å². The van der Waals surface area contributed by atoms with Crippen LogP contribution in [0.15, 0.2) is 22.6 Å². The van der Waals surface area contributed by atoms with Gasteiger partial charge in [-0.2, -0.15) is 0 Å². The lowest BCUT2D eigenvalue weighted by Gasteiger charge is -2.18. The molecule has 3 heteroatoms. The number of benzene rings is 1. The van der Waals surface area contributed by atoms with Gasteiger partial charge in [-0.1, -0.05) is 18.2 Å². The third-order valence-electron chi connectivity index (χ3n) is 4.27. The molecule has 1 unspecified atom stereocenters. The summed E-state index contributed by atoms with van der Waals surface area (Å²) in [5, 5.41) is 3.42. The van der Waals surface area contributed by atoms with Gasteiger partial charge < -0.3 is 14.5 Å². The van der Waals surface area contributed by atoms with Crippen LogP contribution in [-0.2, 0) is 18.0 Å². The Morgan fingerprint density at radius 2 is 1.80 bits per heavy atom. The van der Waals surface area contributed by atoms with Crippen LogP contribution in [0.3, 0.4) is 0 Å². The maximum absolute atomic E-state index is 5.78. The number of furan rings is 1. The molecule has 0 fully saturated rings. The number of hydrogen-bond donors (Lipinski definition) is 1. The molecule has 0 aliphatic carbocycles. The lowest BCUT2D eigenvalue weighted by Crippen LogP contribution is -2.19. The minimum atomic E-state index is 0.165. The van der Waals surface area contributed by atoms with Crippen LogP contribution in [0.5, 0.6) is 0 Å². The number of nitrogens with one attached hydrogen (secondary N) is 1. The molecule has 1 atom stereocenters. The van der Waals surface area contributed by atoms with E-state index >= 15 is 0 Å². The zero-order valence-corrected chi connectivity index (χ0v) is 12.5. The SMILES string of the molecule is CNC(c1ccc2c(c1)COC2)c1c(C)oc(C)c1C. The van der Waals surface area contributed by atoms with E-state index in [1.165, 1.54) is 27.8 Å². The van der Waals surface area contributed by atoms with E-state index in [9.17, 15) is 0 Å². The Kier molecular flexibility index (Phi) is 3.40. The monoisotopic (exact) mass is 271 g/mol. The number of fused-ring (bicyclic) bond motifs is 1. The van der Waals surface area contributed by atoms with Crippen molar-refractivity contribution in [2.75, 3.05) is 7.05 Å². The van der Waals surface area contributed by atoms with E-state index in [0.717, 1.165) is 24.7 Å². The van der Waals surface area contributed by atoms with Crippen LogP contribution in [0.25, 0.3) is 0 Å². The Labute approximate surface area is 119 Å². The van der Waals surface area contributed by atoms with Gasteiger partial charge in [-0.25, -0.2) is 0 Å². The molecule has 1 aliphatic heterocycles. The highest BCUT2D eigenvalue weighted by molar-refractivity contribution is 5.43. The topological polar surface area (TPSA) is 34.4 Å². The molecule has 1 aliphatic rings. The first kappa shape index (κ1) is 13.4. The van der Waals surface area contributed by atoms with E-state index in [1.54, 1.807) is 0 Å². The summed E-state index contributed by atoms with van der Waals surface area (Å²) in [5.74, 6) is 2.00. The van der Waals surface area contributed by atoms with Crippen molar-refractivity contribution in [3.8, 4) is 0 Å². The molecule has 106 valence electrons. The van der Waals surface area contributed by atoms with Crippen molar-refractivity contribution in [1.29, 1.82) is 0 Å². The van der Waals surface area contributed by atoms with Crippen LogP contribution in [0, 0.1) is 20.8 Å². The van der Waals surface area contributed by atoms with E-state index in [0.29, 0.717) is 0 Å². The second-order valence-corrected chi connectivity index (χ2v) is 5.50. The highest BCUT2D eigenvalue weighted by Gasteiger charge is 2.22. The molecule has 0 bridgehead atoms. The molecule has 1 aromatic carbocycles. The molecule has 0 spiro atoms. The first-order valence-corrected chi connectivity index (χ1v) is 7.05. The van der Waals surface area contributed by atoms with Crippen molar-refractivity contribution in [1.82, 2.24) is 5.32 Å². The number of hydrogen-bond acceptors (Lipinski definition) is 3. The fraction of sp³-hybridized carbons (Fsp3) is 0.412. The van der Waals surface area contributed by atoms with Gasteiger partial charge in [-0.05, 0) is 50.1 Å². The summed E-state index contributed by atoms with van der Waals surface area (Å²) in [6, 6.07) is 6.79. The lowest BCUT2D eigenvalue weighted by molar-refractivity contribution is 0.134.